The van der Waals surface area contributed by atoms with Crippen molar-refractivity contribution in [3.8, 4) is 0 Å². The van der Waals surface area contributed by atoms with Crippen LogP contribution < -0.4 is 0 Å². The molecule has 0 aliphatic rings. The van der Waals surface area contributed by atoms with Crippen molar-refractivity contribution in [1.29, 1.82) is 0 Å². The molecule has 18 heteroatoms. The quantitative estimate of drug-likeness (QED) is 0.0146. The van der Waals surface area contributed by atoms with Crippen LogP contribution in [0.3, 0.4) is 0 Å². The molecule has 0 spiro atoms. The number of hydrogen-bond donors (Lipinski definition) is 4. The normalized spacial score (nSPS) is 14.7. The van der Waals surface area contributed by atoms with Crippen molar-refractivity contribution in [3.63, 3.8) is 0 Å². The molecule has 0 radical (unpaired) electrons. The molecule has 0 aromatic rings. The Morgan fingerprint density at radius 1 is 0.235 bits per heavy atom. The van der Waals surface area contributed by atoms with Gasteiger partial charge in [-0.05, 0) is 167 Å². The zero-order valence-electron chi connectivity index (χ0n) is 74.5. The first-order chi connectivity index (χ1) is 58.2. The second kappa shape index (κ2) is 91.3. The maximum atomic E-state index is 13.1. The third kappa shape index (κ3) is 92.7. The molecule has 0 saturated carbocycles. The van der Waals surface area contributed by atoms with Crippen LogP contribution in [-0.4, -0.2) is 95.9 Å². The highest BCUT2D eigenvalue weighted by Crippen LogP contribution is 2.45. The van der Waals surface area contributed by atoms with Crippen molar-refractivity contribution in [1.82, 2.24) is 0 Å². The van der Waals surface area contributed by atoms with Crippen molar-refractivity contribution < 1.29 is 75.8 Å². The van der Waals surface area contributed by atoms with Crippen LogP contribution in [-0.2, 0) is 55.8 Å². The fourth-order valence-electron chi connectivity index (χ4n) is 12.1. The molecular weight excluding hydrogens is 1530 g/mol. The standard InChI is InChI=1S/C101H166O16P2/c1-4-7-10-13-16-19-22-25-28-31-34-37-40-43-44-45-46-47-48-49-50-53-55-57-60-63-66-69-72-75-78-81-84-87-99(104)111-90-96(102)91-113-118(107,108)114-92-97(103)93-115-119(109,110)116-95-98(117-101(106)89-86-83-80-77-74-71-68-65-62-59-56-52-42-39-36-33-30-27-24-21-18-15-12-9-6-3)94-112-100(105)88-85-82-79-76-73-70-67-64-61-58-54-51-41-38-35-32-29-26-23-20-17-14-11-8-5-2/h7-12,16-21,25-30,34-39,43-44,51-52,54,56,61-62,64-65,96-98,102-103H,4-6,13-15,22-24,31-33,40-42,45-50,53,55,57-60,63,66-95H2,1-3H3,(H,107,108)(H,109,110)/b10-7-,11-8-,12-9-,19-16-,20-17-,21-18-,28-25-,29-26-,30-27-,37-34-,38-35-,39-36-,44-43-,54-51-,56-52-,64-61-,65-62-. The minimum Gasteiger partial charge on any atom is -0.463 e. The number of allylic oxidation sites excluding steroid dienone is 34. The predicted molar refractivity (Wildman–Crippen MR) is 500 cm³/mol. The van der Waals surface area contributed by atoms with Gasteiger partial charge in [0.1, 0.15) is 25.4 Å². The van der Waals surface area contributed by atoms with Crippen LogP contribution in [0.5, 0.6) is 0 Å². The number of unbranched alkanes of at least 4 members (excludes halogenated alkanes) is 29. The third-order valence-corrected chi connectivity index (χ3v) is 20.9. The number of esters is 3. The molecule has 0 aliphatic heterocycles. The molecular formula is C101H166O16P2. The highest BCUT2D eigenvalue weighted by atomic mass is 31.2. The summed E-state index contributed by atoms with van der Waals surface area (Å²) in [6.45, 7) is 2.33. The average Bonchev–Trinajstić information content (AvgIpc) is 0.899. The Kier molecular flexibility index (Phi) is 86.8. The summed E-state index contributed by atoms with van der Waals surface area (Å²) >= 11 is 0. The lowest BCUT2D eigenvalue weighted by Crippen LogP contribution is -2.30. The zero-order chi connectivity index (χ0) is 86.5. The van der Waals surface area contributed by atoms with Gasteiger partial charge >= 0.3 is 33.6 Å². The summed E-state index contributed by atoms with van der Waals surface area (Å²) in [7, 11) is -9.83. The van der Waals surface area contributed by atoms with Crippen molar-refractivity contribution >= 4 is 33.6 Å². The minimum absolute atomic E-state index is 0.0754. The smallest absolute Gasteiger partial charge is 0.463 e. The lowest BCUT2D eigenvalue weighted by molar-refractivity contribution is -0.161. The van der Waals surface area contributed by atoms with Gasteiger partial charge in [0.25, 0.3) is 0 Å². The highest BCUT2D eigenvalue weighted by molar-refractivity contribution is 7.47. The van der Waals surface area contributed by atoms with Gasteiger partial charge in [-0.3, -0.25) is 32.5 Å². The van der Waals surface area contributed by atoms with Crippen LogP contribution in [0, 0.1) is 0 Å². The lowest BCUT2D eigenvalue weighted by Gasteiger charge is -2.21. The van der Waals surface area contributed by atoms with Crippen LogP contribution in [0.25, 0.3) is 0 Å². The molecule has 0 heterocycles. The molecule has 0 rings (SSSR count). The summed E-state index contributed by atoms with van der Waals surface area (Å²) in [4.78, 5) is 59.0. The Hall–Kier alpha value is -5.87. The van der Waals surface area contributed by atoms with E-state index in [-0.39, 0.29) is 19.3 Å². The SMILES string of the molecule is CC/C=C\C/C=C\C/C=C\C/C=C\C/C=C\C/C=C\CCCCCCCCC(=O)OCC(COP(=O)(O)OCC(O)COP(=O)(O)OCC(O)COC(=O)CCCCCCCCCCCCCCCCCCC/C=C\C/C=C\C/C=C\C/C=C\C/C=C\CC)OC(=O)CCCCCCCC/C=C\C/C=C\C/C=C\C/C=C\C/C=C\C/C=C\CC. The Morgan fingerprint density at radius 3 is 0.664 bits per heavy atom. The molecule has 0 bridgehead atoms. The molecule has 5 unspecified atom stereocenters. The van der Waals surface area contributed by atoms with E-state index >= 15 is 0 Å². The summed E-state index contributed by atoms with van der Waals surface area (Å²) in [5.74, 6) is -1.61. The molecule has 0 aliphatic carbocycles. The monoisotopic (exact) mass is 1700 g/mol. The second-order valence-corrected chi connectivity index (χ2v) is 33.2. The number of carbonyl (C=O) groups is 3. The van der Waals surface area contributed by atoms with Crippen LogP contribution in [0.4, 0.5) is 0 Å². The molecule has 676 valence electrons. The summed E-state index contributed by atoms with van der Waals surface area (Å²) < 4.78 is 61.5. The third-order valence-electron chi connectivity index (χ3n) is 19.0. The lowest BCUT2D eigenvalue weighted by atomic mass is 10.0. The minimum atomic E-state index is -4.96. The topological polar surface area (TPSA) is 231 Å². The van der Waals surface area contributed by atoms with E-state index < -0.39 is 91.5 Å². The number of ether oxygens (including phenoxy) is 3. The Bertz CT molecular complexity index is 2990. The van der Waals surface area contributed by atoms with Crippen LogP contribution >= 0.6 is 15.6 Å². The second-order valence-electron chi connectivity index (χ2n) is 30.3. The fraction of sp³-hybridized carbons (Fsp3) is 0.634. The molecule has 0 saturated heterocycles. The summed E-state index contributed by atoms with van der Waals surface area (Å²) in [6.07, 6.45) is 123. The number of phosphoric acid groups is 2. The van der Waals surface area contributed by atoms with Gasteiger partial charge in [0.05, 0.1) is 26.4 Å². The van der Waals surface area contributed by atoms with E-state index in [1.165, 1.54) is 89.9 Å². The summed E-state index contributed by atoms with van der Waals surface area (Å²) in [5, 5.41) is 20.7. The van der Waals surface area contributed by atoms with Crippen molar-refractivity contribution in [2.45, 2.75) is 373 Å². The molecule has 0 aromatic carbocycles. The number of aliphatic hydroxyl groups excluding tert-OH is 2. The maximum absolute atomic E-state index is 13.1. The van der Waals surface area contributed by atoms with Gasteiger partial charge in [-0.2, -0.15) is 0 Å². The maximum Gasteiger partial charge on any atom is 0.472 e. The largest absolute Gasteiger partial charge is 0.472 e. The first-order valence-corrected chi connectivity index (χ1v) is 49.4. The predicted octanol–water partition coefficient (Wildman–Crippen LogP) is 28.8. The molecule has 0 fully saturated rings. The van der Waals surface area contributed by atoms with E-state index in [2.05, 4.69) is 227 Å². The summed E-state index contributed by atoms with van der Waals surface area (Å²) in [6, 6.07) is 0. The zero-order valence-corrected chi connectivity index (χ0v) is 76.2. The number of carbonyl (C=O) groups excluding carboxylic acids is 3. The molecule has 0 amide bonds. The molecule has 4 N–H and O–H groups in total. The van der Waals surface area contributed by atoms with E-state index in [4.69, 9.17) is 32.3 Å². The van der Waals surface area contributed by atoms with E-state index in [1.807, 2.05) is 0 Å². The number of aliphatic hydroxyl groups is 2. The van der Waals surface area contributed by atoms with E-state index in [9.17, 15) is 43.5 Å². The number of rotatable bonds is 86. The first-order valence-electron chi connectivity index (χ1n) is 46.4. The Balaban J connectivity index is 4.64. The van der Waals surface area contributed by atoms with Crippen LogP contribution in [0.15, 0.2) is 207 Å². The van der Waals surface area contributed by atoms with E-state index in [0.29, 0.717) is 19.3 Å². The molecule has 0 aromatic heterocycles. The van der Waals surface area contributed by atoms with Crippen LogP contribution in [0.1, 0.15) is 355 Å². The molecule has 5 atom stereocenters. The Labute approximate surface area is 724 Å². The first kappa shape index (κ1) is 113. The number of hydrogen-bond acceptors (Lipinski definition) is 14. The van der Waals surface area contributed by atoms with E-state index in [0.717, 1.165) is 205 Å². The van der Waals surface area contributed by atoms with Crippen molar-refractivity contribution in [2.24, 2.45) is 0 Å². The van der Waals surface area contributed by atoms with Gasteiger partial charge in [-0.15, -0.1) is 0 Å². The van der Waals surface area contributed by atoms with Gasteiger partial charge in [-0.1, -0.05) is 375 Å². The van der Waals surface area contributed by atoms with Crippen molar-refractivity contribution in [3.05, 3.63) is 207 Å². The van der Waals surface area contributed by atoms with Gasteiger partial charge in [0, 0.05) is 19.3 Å². The molecule has 119 heavy (non-hydrogen) atoms. The van der Waals surface area contributed by atoms with Gasteiger partial charge in [0.15, 0.2) is 6.10 Å². The molecule has 16 nitrogen and oxygen atoms in total. The van der Waals surface area contributed by atoms with Crippen molar-refractivity contribution in [2.75, 3.05) is 39.6 Å². The van der Waals surface area contributed by atoms with E-state index in [1.54, 1.807) is 0 Å². The van der Waals surface area contributed by atoms with Gasteiger partial charge < -0.3 is 34.2 Å². The van der Waals surface area contributed by atoms with Gasteiger partial charge in [0.2, 0.25) is 0 Å². The Morgan fingerprint density at radius 2 is 0.420 bits per heavy atom. The summed E-state index contributed by atoms with van der Waals surface area (Å²) in [5.41, 5.74) is 0. The number of phosphoric ester groups is 2. The van der Waals surface area contributed by atoms with Crippen LogP contribution in [0.2, 0.25) is 0 Å². The highest BCUT2D eigenvalue weighted by Gasteiger charge is 2.29. The fourth-order valence-corrected chi connectivity index (χ4v) is 13.7. The van der Waals surface area contributed by atoms with Gasteiger partial charge in [-0.25, -0.2) is 9.13 Å². The average molecular weight is 1700 g/mol.